The molecule has 1 aliphatic heterocycles. The summed E-state index contributed by atoms with van der Waals surface area (Å²) in [6, 6.07) is 7.14. The number of benzene rings is 1. The summed E-state index contributed by atoms with van der Waals surface area (Å²) in [5.41, 5.74) is 0.821. The summed E-state index contributed by atoms with van der Waals surface area (Å²) >= 11 is 13.9. The molecule has 130 valence electrons. The first-order chi connectivity index (χ1) is 11.6. The van der Waals surface area contributed by atoms with Crippen LogP contribution in [0.5, 0.6) is 5.75 Å². The van der Waals surface area contributed by atoms with Crippen molar-refractivity contribution in [2.45, 2.75) is 13.0 Å². The molecule has 1 aromatic heterocycles. The van der Waals surface area contributed by atoms with Crippen LogP contribution in [-0.4, -0.2) is 37.7 Å². The predicted molar refractivity (Wildman–Crippen MR) is 98.2 cm³/mol. The third-order valence-electron chi connectivity index (χ3n) is 4.01. The summed E-state index contributed by atoms with van der Waals surface area (Å²) in [6.07, 6.45) is 0. The maximum Gasteiger partial charge on any atom is 0.173 e. The van der Waals surface area contributed by atoms with E-state index in [1.165, 1.54) is 17.4 Å². The molecular formula is C17H19Cl2FN2OS. The van der Waals surface area contributed by atoms with E-state index >= 15 is 0 Å². The fourth-order valence-electron chi connectivity index (χ4n) is 2.99. The number of hydrogen-bond acceptors (Lipinski definition) is 4. The second-order valence-corrected chi connectivity index (χ2v) is 7.73. The summed E-state index contributed by atoms with van der Waals surface area (Å²) in [5.74, 6) is -0.312. The Morgan fingerprint density at radius 3 is 2.62 bits per heavy atom. The van der Waals surface area contributed by atoms with E-state index in [-0.39, 0.29) is 11.8 Å². The van der Waals surface area contributed by atoms with Gasteiger partial charge in [0.2, 0.25) is 0 Å². The van der Waals surface area contributed by atoms with Crippen LogP contribution < -0.4 is 10.1 Å². The van der Waals surface area contributed by atoms with Crippen LogP contribution in [0.3, 0.4) is 0 Å². The fraction of sp³-hybridized carbons (Fsp3) is 0.412. The molecule has 1 saturated heterocycles. The second kappa shape index (κ2) is 8.02. The fourth-order valence-corrected chi connectivity index (χ4v) is 4.49. The van der Waals surface area contributed by atoms with Crippen LogP contribution in [0, 0.1) is 5.82 Å². The Kier molecular flexibility index (Phi) is 6.00. The van der Waals surface area contributed by atoms with Crippen molar-refractivity contribution in [2.24, 2.45) is 0 Å². The maximum absolute atomic E-state index is 14.5. The molecule has 0 radical (unpaired) electrons. The number of piperazine rings is 1. The van der Waals surface area contributed by atoms with Gasteiger partial charge in [-0.3, -0.25) is 4.90 Å². The molecule has 0 amide bonds. The van der Waals surface area contributed by atoms with Gasteiger partial charge in [0, 0.05) is 31.1 Å². The van der Waals surface area contributed by atoms with Gasteiger partial charge in [-0.1, -0.05) is 23.2 Å². The van der Waals surface area contributed by atoms with E-state index in [9.17, 15) is 4.39 Å². The molecule has 24 heavy (non-hydrogen) atoms. The Morgan fingerprint density at radius 2 is 2.04 bits per heavy atom. The quantitative estimate of drug-likeness (QED) is 0.810. The van der Waals surface area contributed by atoms with E-state index in [0.717, 1.165) is 41.0 Å². The van der Waals surface area contributed by atoms with Gasteiger partial charge < -0.3 is 10.1 Å². The average molecular weight is 389 g/mol. The van der Waals surface area contributed by atoms with Gasteiger partial charge in [-0.15, -0.1) is 11.3 Å². The standard InChI is InChI=1S/C17H19Cl2FN2OS/c1-2-23-17-12(18)9-11(10-13(17)20)16(14-3-4-15(19)24-14)22-7-5-21-6-8-22/h3-4,9-10,16,21H,2,5-8H2,1H3/t16-/m0/s1. The Morgan fingerprint density at radius 1 is 1.29 bits per heavy atom. The lowest BCUT2D eigenvalue weighted by atomic mass is 10.0. The summed E-state index contributed by atoms with van der Waals surface area (Å²) < 4.78 is 20.5. The number of nitrogens with zero attached hydrogens (tertiary/aromatic N) is 1. The Bertz CT molecular complexity index is 681. The number of hydrogen-bond donors (Lipinski definition) is 1. The van der Waals surface area contributed by atoms with Crippen LogP contribution in [-0.2, 0) is 0 Å². The van der Waals surface area contributed by atoms with Gasteiger partial charge in [0.1, 0.15) is 0 Å². The van der Waals surface area contributed by atoms with Gasteiger partial charge in [-0.05, 0) is 36.8 Å². The monoisotopic (exact) mass is 388 g/mol. The minimum absolute atomic E-state index is 0.0627. The summed E-state index contributed by atoms with van der Waals surface area (Å²) in [4.78, 5) is 3.41. The smallest absolute Gasteiger partial charge is 0.173 e. The molecule has 0 saturated carbocycles. The van der Waals surface area contributed by atoms with Crippen LogP contribution in [0.1, 0.15) is 23.4 Å². The highest BCUT2D eigenvalue weighted by atomic mass is 35.5. The van der Waals surface area contributed by atoms with E-state index in [1.54, 1.807) is 13.0 Å². The lowest BCUT2D eigenvalue weighted by Gasteiger charge is -2.35. The number of rotatable bonds is 5. The van der Waals surface area contributed by atoms with Crippen molar-refractivity contribution in [1.82, 2.24) is 10.2 Å². The number of thiophene rings is 1. The summed E-state index contributed by atoms with van der Waals surface area (Å²) in [7, 11) is 0. The first-order valence-electron chi connectivity index (χ1n) is 7.92. The Balaban J connectivity index is 2.01. The highest BCUT2D eigenvalue weighted by molar-refractivity contribution is 7.16. The molecule has 1 atom stereocenters. The van der Waals surface area contributed by atoms with Gasteiger partial charge in [0.15, 0.2) is 11.6 Å². The topological polar surface area (TPSA) is 24.5 Å². The van der Waals surface area contributed by atoms with Crippen molar-refractivity contribution < 1.29 is 9.13 Å². The van der Waals surface area contributed by atoms with Gasteiger partial charge in [0.05, 0.1) is 22.0 Å². The van der Waals surface area contributed by atoms with Crippen molar-refractivity contribution in [2.75, 3.05) is 32.8 Å². The minimum atomic E-state index is -0.429. The van der Waals surface area contributed by atoms with E-state index in [4.69, 9.17) is 27.9 Å². The average Bonchev–Trinajstić information content (AvgIpc) is 2.98. The molecule has 3 nitrogen and oxygen atoms in total. The highest BCUT2D eigenvalue weighted by Gasteiger charge is 2.27. The number of ether oxygens (including phenoxy) is 1. The molecule has 0 aliphatic carbocycles. The van der Waals surface area contributed by atoms with E-state index in [2.05, 4.69) is 10.2 Å². The first kappa shape index (κ1) is 18.0. The Labute approximate surface area is 155 Å². The number of halogens is 3. The third kappa shape index (κ3) is 3.86. The molecule has 1 N–H and O–H groups in total. The van der Waals surface area contributed by atoms with Crippen LogP contribution >= 0.6 is 34.5 Å². The van der Waals surface area contributed by atoms with Crippen LogP contribution in [0.4, 0.5) is 4.39 Å². The molecule has 0 unspecified atom stereocenters. The lowest BCUT2D eigenvalue weighted by molar-refractivity contribution is 0.200. The van der Waals surface area contributed by atoms with Gasteiger partial charge >= 0.3 is 0 Å². The molecule has 1 aliphatic rings. The van der Waals surface area contributed by atoms with Crippen LogP contribution in [0.2, 0.25) is 9.36 Å². The third-order valence-corrected chi connectivity index (χ3v) is 5.57. The molecule has 1 aromatic carbocycles. The highest BCUT2D eigenvalue weighted by Crippen LogP contribution is 2.39. The summed E-state index contributed by atoms with van der Waals surface area (Å²) in [6.45, 7) is 5.75. The van der Waals surface area contributed by atoms with Crippen LogP contribution in [0.25, 0.3) is 0 Å². The van der Waals surface area contributed by atoms with Crippen molar-refractivity contribution in [1.29, 1.82) is 0 Å². The van der Waals surface area contributed by atoms with Crippen molar-refractivity contribution in [3.05, 3.63) is 49.9 Å². The van der Waals surface area contributed by atoms with Gasteiger partial charge in [0.25, 0.3) is 0 Å². The normalized spacial score (nSPS) is 17.0. The predicted octanol–water partition coefficient (Wildman–Crippen LogP) is 4.59. The summed E-state index contributed by atoms with van der Waals surface area (Å²) in [5, 5.41) is 3.64. The second-order valence-electron chi connectivity index (χ2n) is 5.58. The molecule has 2 aromatic rings. The van der Waals surface area contributed by atoms with Gasteiger partial charge in [-0.2, -0.15) is 0 Å². The molecule has 3 rings (SSSR count). The molecule has 0 spiro atoms. The number of nitrogens with one attached hydrogen (secondary N) is 1. The van der Waals surface area contributed by atoms with E-state index < -0.39 is 5.82 Å². The van der Waals surface area contributed by atoms with Crippen molar-refractivity contribution in [3.63, 3.8) is 0 Å². The largest absolute Gasteiger partial charge is 0.489 e. The van der Waals surface area contributed by atoms with E-state index in [1.807, 2.05) is 12.1 Å². The first-order valence-corrected chi connectivity index (χ1v) is 9.49. The zero-order valence-corrected chi connectivity index (χ0v) is 15.6. The zero-order chi connectivity index (χ0) is 17.1. The minimum Gasteiger partial charge on any atom is -0.489 e. The van der Waals surface area contributed by atoms with Gasteiger partial charge in [-0.25, -0.2) is 4.39 Å². The van der Waals surface area contributed by atoms with Crippen molar-refractivity contribution >= 4 is 34.5 Å². The van der Waals surface area contributed by atoms with E-state index in [0.29, 0.717) is 11.6 Å². The molecular weight excluding hydrogens is 370 g/mol. The molecule has 2 heterocycles. The maximum atomic E-state index is 14.5. The van der Waals surface area contributed by atoms with Crippen LogP contribution in [0.15, 0.2) is 24.3 Å². The Hall–Kier alpha value is -0.850. The zero-order valence-electron chi connectivity index (χ0n) is 13.3. The molecule has 1 fully saturated rings. The molecule has 7 heteroatoms. The lowest BCUT2D eigenvalue weighted by Crippen LogP contribution is -2.45. The van der Waals surface area contributed by atoms with Crippen molar-refractivity contribution in [3.8, 4) is 5.75 Å². The SMILES string of the molecule is CCOc1c(F)cc([C@@H](c2ccc(Cl)s2)N2CCNCC2)cc1Cl. The molecule has 0 bridgehead atoms.